The molecule has 0 amide bonds. The van der Waals surface area contributed by atoms with Crippen LogP contribution in [-0.4, -0.2) is 4.98 Å². The molecule has 0 unspecified atom stereocenters. The zero-order valence-electron chi connectivity index (χ0n) is 9.94. The zero-order valence-corrected chi connectivity index (χ0v) is 10.8. The molecule has 0 fully saturated rings. The van der Waals surface area contributed by atoms with Gasteiger partial charge in [0.25, 0.3) is 0 Å². The molecule has 0 atom stereocenters. The second-order valence-electron chi connectivity index (χ2n) is 3.91. The van der Waals surface area contributed by atoms with Crippen LogP contribution in [0.5, 0.6) is 0 Å². The third-order valence-corrected chi connectivity index (χ3v) is 3.43. The Bertz CT molecular complexity index is 462. The normalized spacial score (nSPS) is 10.5. The van der Waals surface area contributed by atoms with Crippen molar-refractivity contribution >= 4 is 22.2 Å². The molecule has 0 aliphatic rings. The monoisotopic (exact) mass is 247 g/mol. The Balaban J connectivity index is 2.03. The lowest BCUT2D eigenvalue weighted by Gasteiger charge is -2.03. The Labute approximate surface area is 106 Å². The van der Waals surface area contributed by atoms with Crippen molar-refractivity contribution < 1.29 is 0 Å². The summed E-state index contributed by atoms with van der Waals surface area (Å²) in [5.41, 5.74) is 8.00. The van der Waals surface area contributed by atoms with Crippen LogP contribution < -0.4 is 11.1 Å². The molecule has 0 saturated carbocycles. The molecule has 2 aromatic rings. The van der Waals surface area contributed by atoms with Crippen molar-refractivity contribution in [1.29, 1.82) is 0 Å². The van der Waals surface area contributed by atoms with E-state index in [1.807, 2.05) is 6.20 Å². The van der Waals surface area contributed by atoms with Gasteiger partial charge in [0.15, 0.2) is 5.13 Å². The summed E-state index contributed by atoms with van der Waals surface area (Å²) in [4.78, 5) is 5.36. The van der Waals surface area contributed by atoms with Crippen molar-refractivity contribution in [3.8, 4) is 0 Å². The maximum absolute atomic E-state index is 5.55. The topological polar surface area (TPSA) is 50.9 Å². The Morgan fingerprint density at radius 2 is 2.06 bits per heavy atom. The van der Waals surface area contributed by atoms with Crippen LogP contribution in [0.1, 0.15) is 23.8 Å². The van der Waals surface area contributed by atoms with Crippen molar-refractivity contribution in [2.75, 3.05) is 5.32 Å². The molecule has 0 spiro atoms. The van der Waals surface area contributed by atoms with Crippen LogP contribution in [-0.2, 0) is 13.0 Å². The van der Waals surface area contributed by atoms with Crippen LogP contribution in [0.2, 0.25) is 0 Å². The first-order valence-electron chi connectivity index (χ1n) is 5.82. The highest BCUT2D eigenvalue weighted by atomic mass is 32.1. The van der Waals surface area contributed by atoms with Crippen LogP contribution >= 0.6 is 11.3 Å². The van der Waals surface area contributed by atoms with Gasteiger partial charge in [0, 0.05) is 23.3 Å². The molecule has 1 aromatic carbocycles. The lowest BCUT2D eigenvalue weighted by molar-refractivity contribution is 0.922. The minimum Gasteiger partial charge on any atom is -0.332 e. The minimum absolute atomic E-state index is 0.550. The van der Waals surface area contributed by atoms with E-state index in [0.29, 0.717) is 6.54 Å². The smallest absolute Gasteiger partial charge is 0.187 e. The first kappa shape index (κ1) is 12.1. The maximum atomic E-state index is 5.55. The van der Waals surface area contributed by atoms with Crippen molar-refractivity contribution in [2.45, 2.75) is 26.3 Å². The number of hydrogen-bond donors (Lipinski definition) is 2. The van der Waals surface area contributed by atoms with Gasteiger partial charge in [-0.1, -0.05) is 25.5 Å². The highest BCUT2D eigenvalue weighted by molar-refractivity contribution is 7.15. The first-order chi connectivity index (χ1) is 8.31. The van der Waals surface area contributed by atoms with E-state index in [1.54, 1.807) is 11.3 Å². The van der Waals surface area contributed by atoms with Crippen LogP contribution in [0.4, 0.5) is 10.8 Å². The van der Waals surface area contributed by atoms with Crippen molar-refractivity contribution in [3.63, 3.8) is 0 Å². The molecule has 1 heterocycles. The van der Waals surface area contributed by atoms with Gasteiger partial charge in [-0.25, -0.2) is 4.98 Å². The first-order valence-corrected chi connectivity index (χ1v) is 6.64. The summed E-state index contributed by atoms with van der Waals surface area (Å²) in [5, 5.41) is 4.18. The Morgan fingerprint density at radius 3 is 2.65 bits per heavy atom. The van der Waals surface area contributed by atoms with Crippen LogP contribution in [0, 0.1) is 0 Å². The number of nitrogens with two attached hydrogens (primary N) is 1. The van der Waals surface area contributed by atoms with Crippen LogP contribution in [0.25, 0.3) is 0 Å². The number of aryl methyl sites for hydroxylation is 1. The van der Waals surface area contributed by atoms with Gasteiger partial charge < -0.3 is 11.1 Å². The number of anilines is 2. The van der Waals surface area contributed by atoms with Gasteiger partial charge in [0.2, 0.25) is 0 Å². The third-order valence-electron chi connectivity index (χ3n) is 2.50. The SMILES string of the molecule is CCCc1ccc(Nc2ncc(CN)s2)cc1. The number of rotatable bonds is 5. The minimum atomic E-state index is 0.550. The van der Waals surface area contributed by atoms with E-state index < -0.39 is 0 Å². The summed E-state index contributed by atoms with van der Waals surface area (Å²) >= 11 is 1.59. The summed E-state index contributed by atoms with van der Waals surface area (Å²) in [6.45, 7) is 2.74. The average molecular weight is 247 g/mol. The van der Waals surface area contributed by atoms with Gasteiger partial charge in [0.05, 0.1) is 0 Å². The van der Waals surface area contributed by atoms with Gasteiger partial charge in [0.1, 0.15) is 0 Å². The van der Waals surface area contributed by atoms with Crippen LogP contribution in [0.15, 0.2) is 30.5 Å². The predicted octanol–water partition coefficient (Wildman–Crippen LogP) is 3.30. The predicted molar refractivity (Wildman–Crippen MR) is 73.7 cm³/mol. The molecule has 3 nitrogen and oxygen atoms in total. The molecule has 90 valence electrons. The van der Waals surface area contributed by atoms with E-state index in [4.69, 9.17) is 5.73 Å². The van der Waals surface area contributed by atoms with Gasteiger partial charge >= 0.3 is 0 Å². The van der Waals surface area contributed by atoms with Crippen molar-refractivity contribution in [2.24, 2.45) is 5.73 Å². The van der Waals surface area contributed by atoms with E-state index in [9.17, 15) is 0 Å². The lowest BCUT2D eigenvalue weighted by Crippen LogP contribution is -1.91. The van der Waals surface area contributed by atoms with Gasteiger partial charge in [-0.05, 0) is 24.1 Å². The summed E-state index contributed by atoms with van der Waals surface area (Å²) in [6, 6.07) is 8.50. The molecule has 0 aliphatic heterocycles. The Hall–Kier alpha value is -1.39. The quantitative estimate of drug-likeness (QED) is 0.852. The standard InChI is InChI=1S/C13H17N3S/c1-2-3-10-4-6-11(7-5-10)16-13-15-9-12(8-14)17-13/h4-7,9H,2-3,8,14H2,1H3,(H,15,16). The molecule has 0 bridgehead atoms. The Morgan fingerprint density at radius 1 is 1.29 bits per heavy atom. The fourth-order valence-corrected chi connectivity index (χ4v) is 2.34. The number of hydrogen-bond acceptors (Lipinski definition) is 4. The van der Waals surface area contributed by atoms with Crippen LogP contribution in [0.3, 0.4) is 0 Å². The van der Waals surface area contributed by atoms with Crippen molar-refractivity contribution in [1.82, 2.24) is 4.98 Å². The number of nitrogens with zero attached hydrogens (tertiary/aromatic N) is 1. The second kappa shape index (κ2) is 5.80. The molecule has 17 heavy (non-hydrogen) atoms. The molecule has 3 N–H and O–H groups in total. The largest absolute Gasteiger partial charge is 0.332 e. The molecule has 0 radical (unpaired) electrons. The average Bonchev–Trinajstić information content (AvgIpc) is 2.80. The molecule has 1 aromatic heterocycles. The van der Waals surface area contributed by atoms with E-state index in [1.165, 1.54) is 12.0 Å². The highest BCUT2D eigenvalue weighted by Gasteiger charge is 2.00. The van der Waals surface area contributed by atoms with Crippen molar-refractivity contribution in [3.05, 3.63) is 40.9 Å². The second-order valence-corrected chi connectivity index (χ2v) is 5.02. The van der Waals surface area contributed by atoms with E-state index in [0.717, 1.165) is 22.1 Å². The molecular formula is C13H17N3S. The number of thiazole rings is 1. The fraction of sp³-hybridized carbons (Fsp3) is 0.308. The Kier molecular flexibility index (Phi) is 4.12. The summed E-state index contributed by atoms with van der Waals surface area (Å²) in [5.74, 6) is 0. The zero-order chi connectivity index (χ0) is 12.1. The molecule has 4 heteroatoms. The van der Waals surface area contributed by atoms with E-state index in [-0.39, 0.29) is 0 Å². The van der Waals surface area contributed by atoms with E-state index in [2.05, 4.69) is 41.5 Å². The van der Waals surface area contributed by atoms with E-state index >= 15 is 0 Å². The number of nitrogens with one attached hydrogen (secondary N) is 1. The highest BCUT2D eigenvalue weighted by Crippen LogP contribution is 2.22. The van der Waals surface area contributed by atoms with Gasteiger partial charge in [-0.15, -0.1) is 11.3 Å². The lowest BCUT2D eigenvalue weighted by atomic mass is 10.1. The molecular weight excluding hydrogens is 230 g/mol. The summed E-state index contributed by atoms with van der Waals surface area (Å²) < 4.78 is 0. The maximum Gasteiger partial charge on any atom is 0.187 e. The molecule has 2 rings (SSSR count). The molecule has 0 saturated heterocycles. The number of benzene rings is 1. The third kappa shape index (κ3) is 3.28. The summed E-state index contributed by atoms with van der Waals surface area (Å²) in [6.07, 6.45) is 4.13. The summed E-state index contributed by atoms with van der Waals surface area (Å²) in [7, 11) is 0. The number of aromatic nitrogens is 1. The fourth-order valence-electron chi connectivity index (χ4n) is 1.63. The molecule has 0 aliphatic carbocycles. The van der Waals surface area contributed by atoms with Gasteiger partial charge in [-0.3, -0.25) is 0 Å². The van der Waals surface area contributed by atoms with Gasteiger partial charge in [-0.2, -0.15) is 0 Å².